The Morgan fingerprint density at radius 1 is 0.900 bits per heavy atom. The molecule has 102 valence electrons. The van der Waals surface area contributed by atoms with Crippen LogP contribution in [-0.4, -0.2) is 5.78 Å². The zero-order chi connectivity index (χ0) is 12.6. The molecule has 10 aliphatic rings. The van der Waals surface area contributed by atoms with Crippen LogP contribution in [0.5, 0.6) is 0 Å². The van der Waals surface area contributed by atoms with E-state index in [1.54, 1.807) is 0 Å². The summed E-state index contributed by atoms with van der Waals surface area (Å²) in [6, 6.07) is 7.85. The molecule has 0 saturated carbocycles. The Bertz CT molecular complexity index is 1170. The Labute approximate surface area is 111 Å². The summed E-state index contributed by atoms with van der Waals surface area (Å²) in [7, 11) is 0. The number of carbonyl (C=O) groups is 1. The first kappa shape index (κ1) is 7.81. The summed E-state index contributed by atoms with van der Waals surface area (Å²) >= 11 is 6.01. The van der Waals surface area contributed by atoms with Crippen LogP contribution in [0.2, 0.25) is 52.7 Å². The van der Waals surface area contributed by atoms with Crippen LogP contribution in [0.4, 0.5) is 0 Å². The number of fused-ring (bicyclic) bond motifs is 10. The third kappa shape index (κ3) is 0.0912. The van der Waals surface area contributed by atoms with Gasteiger partial charge in [0.25, 0.3) is 0 Å². The fourth-order valence-corrected chi connectivity index (χ4v) is 91.5. The fourth-order valence-electron chi connectivity index (χ4n) is 17.6. The normalized spacial score (nSPS) is 103. The summed E-state index contributed by atoms with van der Waals surface area (Å²) in [4.78, 5) is 24.3. The Morgan fingerprint density at radius 3 is 1.75 bits per heavy atom. The zero-order valence-corrected chi connectivity index (χ0v) is 12.5. The van der Waals surface area contributed by atoms with Crippen LogP contribution < -0.4 is 0 Å². The molecule has 20 heavy (non-hydrogen) atoms. The molecule has 11 rings (SSSR count). The van der Waals surface area contributed by atoms with Crippen LogP contribution in [0.15, 0.2) is 24.3 Å². The van der Waals surface area contributed by atoms with E-state index in [2.05, 4.69) is 0 Å². The van der Waals surface area contributed by atoms with Gasteiger partial charge >= 0.3 is 111 Å². The molecule has 1 nitrogen and oxygen atoms in total. The molecule has 1 aromatic carbocycles. The zero-order valence-electron chi connectivity index (χ0n) is 10.6. The van der Waals surface area contributed by atoms with E-state index >= 15 is 0 Å². The van der Waals surface area contributed by atoms with Crippen molar-refractivity contribution < 1.29 is 11.3 Å². The van der Waals surface area contributed by atoms with Gasteiger partial charge in [0.05, 0.1) is 0 Å². The van der Waals surface area contributed by atoms with Gasteiger partial charge in [0.1, 0.15) is 0 Å². The van der Waals surface area contributed by atoms with Crippen LogP contribution in [0.3, 0.4) is 0 Å². The first-order chi connectivity index (χ1) is 9.46. The average Bonchev–Trinajstić information content (AvgIpc) is 3.39. The first-order valence-corrected chi connectivity index (χ1v) is 14.6. The van der Waals surface area contributed by atoms with Gasteiger partial charge in [0.15, 0.2) is 0 Å². The van der Waals surface area contributed by atoms with Gasteiger partial charge in [-0.3, -0.25) is 0 Å². The molecule has 0 aliphatic carbocycles. The Kier molecular flexibility index (Phi) is 0.278. The molecule has 3 heteroatoms. The number of hydrogen-bond acceptors (Lipinski definition) is 1. The van der Waals surface area contributed by atoms with Gasteiger partial charge in [-0.25, -0.2) is 0 Å². The van der Waals surface area contributed by atoms with Crippen LogP contribution in [0.1, 0.15) is 10.4 Å². The van der Waals surface area contributed by atoms with Crippen molar-refractivity contribution in [1.29, 1.82) is 0 Å². The number of benzene rings is 1. The number of Topliss-reactive ketones (excluding diaryl/α,β-unsaturated/α-hetero) is 1. The van der Waals surface area contributed by atoms with Crippen molar-refractivity contribution >= 4 is 17.4 Å². The minimum atomic E-state index is -3.24. The number of hydrogen-bond donors (Lipinski definition) is 0. The predicted molar refractivity (Wildman–Crippen MR) is 72.2 cm³/mol. The van der Waals surface area contributed by atoms with E-state index in [1.165, 1.54) is 33.7 Å². The van der Waals surface area contributed by atoms with Gasteiger partial charge in [0, 0.05) is 0 Å². The van der Waals surface area contributed by atoms with Crippen molar-refractivity contribution in [3.63, 3.8) is 0 Å². The van der Waals surface area contributed by atoms with Gasteiger partial charge in [-0.15, -0.1) is 0 Å². The van der Waals surface area contributed by atoms with Gasteiger partial charge in [-0.1, -0.05) is 0 Å². The van der Waals surface area contributed by atoms with E-state index in [0.29, 0.717) is 10.1 Å². The molecule has 10 saturated heterocycles. The van der Waals surface area contributed by atoms with Crippen molar-refractivity contribution in [2.24, 2.45) is 0 Å². The molecule has 1 aromatic rings. The Morgan fingerprint density at radius 2 is 1.40 bits per heavy atom. The van der Waals surface area contributed by atoms with Crippen LogP contribution in [0.25, 0.3) is 0 Å². The number of ketones is 1. The van der Waals surface area contributed by atoms with E-state index < -0.39 is 6.51 Å². The average molecular weight is 325 g/mol. The van der Waals surface area contributed by atoms with E-state index in [9.17, 15) is 4.79 Å². The molecule has 0 aromatic heterocycles. The minimum absolute atomic E-state index is 0.368. The van der Waals surface area contributed by atoms with Gasteiger partial charge in [-0.2, -0.15) is 0 Å². The SMILES string of the molecule is O=C(c1ccc(Cl)cc1)[C]12[CH]3[CH]4[CH]5[CH]1[Fe]45321678[CH]2[CH]1[CH]6[CH]7[CH]28. The van der Waals surface area contributed by atoms with Gasteiger partial charge < -0.3 is 0 Å². The third-order valence-corrected chi connectivity index (χ3v) is 58.7. The van der Waals surface area contributed by atoms with E-state index in [0.717, 1.165) is 20.2 Å². The molecule has 10 fully saturated rings. The van der Waals surface area contributed by atoms with Crippen molar-refractivity contribution in [1.82, 2.24) is 0 Å². The van der Waals surface area contributed by atoms with E-state index in [-0.39, 0.29) is 0 Å². The second-order valence-corrected chi connectivity index (χ2v) is 35.5. The summed E-state index contributed by atoms with van der Waals surface area (Å²) in [5.74, 6) is 0.626. The van der Waals surface area contributed by atoms with Crippen LogP contribution >= 0.6 is 11.6 Å². The van der Waals surface area contributed by atoms with E-state index in [4.69, 9.17) is 11.6 Å². The predicted octanol–water partition coefficient (Wildman–Crippen LogP) is 5.28. The Hall–Kier alpha value is -0.301. The number of rotatable bonds is 2. The van der Waals surface area contributed by atoms with Crippen molar-refractivity contribution in [2.45, 2.75) is 47.7 Å². The molecule has 0 radical (unpaired) electrons. The summed E-state index contributed by atoms with van der Waals surface area (Å²) in [5, 5.41) is 0.756. The molecule has 4 atom stereocenters. The van der Waals surface area contributed by atoms with Crippen molar-refractivity contribution in [2.75, 3.05) is 0 Å². The molecule has 4 unspecified atom stereocenters. The van der Waals surface area contributed by atoms with Gasteiger partial charge in [0.2, 0.25) is 0 Å². The molecule has 1 spiro atoms. The molecular formula is C17H13ClFeO. The molecule has 0 amide bonds. The fraction of sp³-hybridized carbons (Fsp3) is 0.588. The maximum atomic E-state index is 13.5. The molecule has 10 heterocycles. The molecule has 0 N–H and O–H groups in total. The first-order valence-electron chi connectivity index (χ1n) is 7.97. The summed E-state index contributed by atoms with van der Waals surface area (Å²) in [6.07, 6.45) is 0. The van der Waals surface area contributed by atoms with Crippen molar-refractivity contribution in [3.8, 4) is 0 Å². The monoisotopic (exact) mass is 324 g/mol. The van der Waals surface area contributed by atoms with Crippen LogP contribution in [0, 0.1) is 0 Å². The topological polar surface area (TPSA) is 17.1 Å². The number of halogens is 1. The number of carbonyl (C=O) groups excluding carboxylic acids is 1. The second-order valence-electron chi connectivity index (χ2n) is 11.5. The van der Waals surface area contributed by atoms with Crippen molar-refractivity contribution in [3.05, 3.63) is 34.9 Å². The molecule has 10 aliphatic heterocycles. The second kappa shape index (κ2) is 0.712. The van der Waals surface area contributed by atoms with E-state index in [1.807, 2.05) is 24.3 Å². The standard InChI is InChI=1S/C12H8ClO.C5H5.Fe/c13-11-7-5-10(6-8-11)12(14)9-3-1-2-4-9;1-2-4-5-3-1;/h1-8H;1-5H;. The molecular weight excluding hydrogens is 311 g/mol. The quantitative estimate of drug-likeness (QED) is 0.534. The summed E-state index contributed by atoms with van der Waals surface area (Å²) < 4.78 is 0.368. The summed E-state index contributed by atoms with van der Waals surface area (Å²) in [6.45, 7) is -3.24. The Balaban J connectivity index is 1.38. The summed E-state index contributed by atoms with van der Waals surface area (Å²) in [5.41, 5.74) is 1.00. The third-order valence-electron chi connectivity index (χ3n) is 16.1. The molecule has 0 bridgehead atoms. The van der Waals surface area contributed by atoms with Gasteiger partial charge in [-0.05, 0) is 0 Å². The van der Waals surface area contributed by atoms with Crippen LogP contribution in [-0.2, 0) is 6.51 Å². The maximum absolute atomic E-state index is 13.5.